The van der Waals surface area contributed by atoms with Crippen LogP contribution in [-0.2, 0) is 15.3 Å². The normalized spacial score (nSPS) is 15.8. The van der Waals surface area contributed by atoms with Crippen LogP contribution in [0.5, 0.6) is 0 Å². The molecule has 0 aliphatic carbocycles. The Morgan fingerprint density at radius 2 is 2.10 bits per heavy atom. The van der Waals surface area contributed by atoms with Crippen molar-refractivity contribution in [2.24, 2.45) is 0 Å². The third-order valence-corrected chi connectivity index (χ3v) is 7.27. The van der Waals surface area contributed by atoms with Crippen LogP contribution in [0.2, 0.25) is 0 Å². The molecule has 3 aromatic rings. The molecule has 3 heterocycles. The van der Waals surface area contributed by atoms with Crippen molar-refractivity contribution in [2.75, 3.05) is 39.4 Å². The summed E-state index contributed by atoms with van der Waals surface area (Å²) in [6.07, 6.45) is 0. The molecule has 1 aliphatic rings. The fourth-order valence-electron chi connectivity index (χ4n) is 3.48. The molecule has 164 valence electrons. The Balaban J connectivity index is 1.33. The van der Waals surface area contributed by atoms with Gasteiger partial charge in [-0.25, -0.2) is 4.98 Å². The van der Waals surface area contributed by atoms with Crippen molar-refractivity contribution in [3.63, 3.8) is 0 Å². The third kappa shape index (κ3) is 5.54. The highest BCUT2D eigenvalue weighted by molar-refractivity contribution is 7.99. The quantitative estimate of drug-likeness (QED) is 0.540. The first-order chi connectivity index (χ1) is 15.1. The van der Waals surface area contributed by atoms with E-state index in [9.17, 15) is 9.59 Å². The fourth-order valence-corrected chi connectivity index (χ4v) is 5.22. The lowest BCUT2D eigenvalue weighted by molar-refractivity contribution is -0.120. The van der Waals surface area contributed by atoms with E-state index in [0.29, 0.717) is 23.5 Å². The number of H-pyrrole nitrogens is 1. The lowest BCUT2D eigenvalue weighted by Crippen LogP contribution is -2.42. The molecule has 1 unspecified atom stereocenters. The van der Waals surface area contributed by atoms with Crippen molar-refractivity contribution in [1.29, 1.82) is 0 Å². The molecule has 1 aliphatic heterocycles. The molecule has 1 saturated heterocycles. The van der Waals surface area contributed by atoms with Crippen LogP contribution in [0.3, 0.4) is 0 Å². The number of amides is 1. The summed E-state index contributed by atoms with van der Waals surface area (Å²) >= 11 is 2.94. The number of ether oxygens (including phenoxy) is 1. The summed E-state index contributed by atoms with van der Waals surface area (Å²) in [7, 11) is 0. The van der Waals surface area contributed by atoms with Crippen LogP contribution < -0.4 is 10.9 Å². The van der Waals surface area contributed by atoms with Gasteiger partial charge < -0.3 is 15.0 Å². The first kappa shape index (κ1) is 22.0. The molecule has 1 aromatic carbocycles. The highest BCUT2D eigenvalue weighted by Crippen LogP contribution is 2.30. The van der Waals surface area contributed by atoms with E-state index in [1.807, 2.05) is 42.6 Å². The van der Waals surface area contributed by atoms with E-state index in [1.54, 1.807) is 0 Å². The van der Waals surface area contributed by atoms with Gasteiger partial charge in [-0.05, 0) is 12.5 Å². The van der Waals surface area contributed by atoms with E-state index in [4.69, 9.17) is 4.74 Å². The standard InChI is InChI=1S/C22H26N4O3S2/c1-15(20(27)23-7-8-26-9-11-29-12-10-26)30-14-18-24-21(28)19-17(13-31-22(19)25-18)16-5-3-2-4-6-16/h2-6,13,15H,7-12,14H2,1H3,(H,23,27)(H,24,25,28). The number of aromatic amines is 1. The summed E-state index contributed by atoms with van der Waals surface area (Å²) in [5, 5.41) is 5.37. The first-order valence-corrected chi connectivity index (χ1v) is 12.3. The van der Waals surface area contributed by atoms with Crippen molar-refractivity contribution in [1.82, 2.24) is 20.2 Å². The van der Waals surface area contributed by atoms with Gasteiger partial charge in [0, 0.05) is 37.1 Å². The largest absolute Gasteiger partial charge is 0.379 e. The number of carbonyl (C=O) groups is 1. The van der Waals surface area contributed by atoms with Gasteiger partial charge >= 0.3 is 0 Å². The second-order valence-corrected chi connectivity index (χ2v) is 9.59. The Hall–Kier alpha value is -2.20. The maximum Gasteiger partial charge on any atom is 0.260 e. The molecular weight excluding hydrogens is 432 g/mol. The number of morpholine rings is 1. The van der Waals surface area contributed by atoms with Crippen molar-refractivity contribution >= 4 is 39.2 Å². The highest BCUT2D eigenvalue weighted by atomic mass is 32.2. The highest BCUT2D eigenvalue weighted by Gasteiger charge is 2.17. The van der Waals surface area contributed by atoms with Crippen LogP contribution >= 0.6 is 23.1 Å². The second-order valence-electron chi connectivity index (χ2n) is 7.41. The lowest BCUT2D eigenvalue weighted by Gasteiger charge is -2.26. The number of nitrogens with zero attached hydrogens (tertiary/aromatic N) is 2. The number of aromatic nitrogens is 2. The predicted molar refractivity (Wildman–Crippen MR) is 127 cm³/mol. The van der Waals surface area contributed by atoms with E-state index < -0.39 is 0 Å². The fraction of sp³-hybridized carbons (Fsp3) is 0.409. The molecule has 9 heteroatoms. The average Bonchev–Trinajstić information content (AvgIpc) is 3.23. The van der Waals surface area contributed by atoms with E-state index >= 15 is 0 Å². The molecule has 2 N–H and O–H groups in total. The van der Waals surface area contributed by atoms with Crippen LogP contribution in [0.4, 0.5) is 0 Å². The Labute approximate surface area is 189 Å². The van der Waals surface area contributed by atoms with Gasteiger partial charge in [-0.3, -0.25) is 14.5 Å². The molecular formula is C22H26N4O3S2. The molecule has 31 heavy (non-hydrogen) atoms. The molecule has 1 fully saturated rings. The van der Waals surface area contributed by atoms with E-state index in [-0.39, 0.29) is 16.7 Å². The Bertz CT molecular complexity index is 1080. The van der Waals surface area contributed by atoms with Gasteiger partial charge in [0.15, 0.2) is 0 Å². The number of nitrogens with one attached hydrogen (secondary N) is 2. The van der Waals surface area contributed by atoms with Gasteiger partial charge in [-0.1, -0.05) is 30.3 Å². The second kappa shape index (κ2) is 10.4. The van der Waals surface area contributed by atoms with Gasteiger partial charge in [0.25, 0.3) is 5.56 Å². The van der Waals surface area contributed by atoms with Crippen molar-refractivity contribution < 1.29 is 9.53 Å². The average molecular weight is 459 g/mol. The predicted octanol–water partition coefficient (Wildman–Crippen LogP) is 2.72. The molecule has 7 nitrogen and oxygen atoms in total. The Kier molecular flexibility index (Phi) is 7.39. The number of thioether (sulfide) groups is 1. The summed E-state index contributed by atoms with van der Waals surface area (Å²) in [6.45, 7) is 6.68. The minimum atomic E-state index is -0.228. The molecule has 1 amide bonds. The van der Waals surface area contributed by atoms with Crippen molar-refractivity contribution in [3.05, 3.63) is 51.9 Å². The number of hydrogen-bond acceptors (Lipinski definition) is 7. The van der Waals surface area contributed by atoms with Crippen molar-refractivity contribution in [2.45, 2.75) is 17.9 Å². The number of hydrogen-bond donors (Lipinski definition) is 2. The zero-order valence-corrected chi connectivity index (χ0v) is 19.1. The third-order valence-electron chi connectivity index (χ3n) is 5.25. The van der Waals surface area contributed by atoms with Gasteiger partial charge in [-0.2, -0.15) is 0 Å². The first-order valence-electron chi connectivity index (χ1n) is 10.4. The maximum absolute atomic E-state index is 12.7. The van der Waals surface area contributed by atoms with Crippen LogP contribution in [0.25, 0.3) is 21.3 Å². The van der Waals surface area contributed by atoms with E-state index in [0.717, 1.165) is 48.8 Å². The van der Waals surface area contributed by atoms with Gasteiger partial charge in [0.1, 0.15) is 10.7 Å². The smallest absolute Gasteiger partial charge is 0.260 e. The summed E-state index contributed by atoms with van der Waals surface area (Å²) in [5.41, 5.74) is 1.77. The summed E-state index contributed by atoms with van der Waals surface area (Å²) in [6, 6.07) is 9.85. The van der Waals surface area contributed by atoms with Gasteiger partial charge in [-0.15, -0.1) is 23.1 Å². The number of thiophene rings is 1. The number of carbonyl (C=O) groups excluding carboxylic acids is 1. The number of rotatable bonds is 8. The number of fused-ring (bicyclic) bond motifs is 1. The zero-order valence-electron chi connectivity index (χ0n) is 17.4. The molecule has 0 bridgehead atoms. The molecule has 2 aromatic heterocycles. The van der Waals surface area contributed by atoms with Crippen LogP contribution in [0.1, 0.15) is 12.7 Å². The minimum absolute atomic E-state index is 0.00386. The molecule has 0 spiro atoms. The van der Waals surface area contributed by atoms with Crippen LogP contribution in [0.15, 0.2) is 40.5 Å². The monoisotopic (exact) mass is 458 g/mol. The SMILES string of the molecule is CC(SCc1nc2scc(-c3ccccc3)c2c(=O)[nH]1)C(=O)NCCN1CCOCC1. The molecule has 4 rings (SSSR count). The van der Waals surface area contributed by atoms with Crippen LogP contribution in [0, 0.1) is 0 Å². The van der Waals surface area contributed by atoms with E-state index in [1.165, 1.54) is 23.1 Å². The van der Waals surface area contributed by atoms with Gasteiger partial charge in [0.2, 0.25) is 5.91 Å². The molecule has 0 radical (unpaired) electrons. The lowest BCUT2D eigenvalue weighted by atomic mass is 10.1. The molecule has 1 atom stereocenters. The summed E-state index contributed by atoms with van der Waals surface area (Å²) in [4.78, 5) is 35.6. The van der Waals surface area contributed by atoms with Gasteiger partial charge in [0.05, 0.1) is 29.6 Å². The Morgan fingerprint density at radius 1 is 1.32 bits per heavy atom. The van der Waals surface area contributed by atoms with Crippen LogP contribution in [-0.4, -0.2) is 65.4 Å². The molecule has 0 saturated carbocycles. The van der Waals surface area contributed by atoms with E-state index in [2.05, 4.69) is 20.2 Å². The maximum atomic E-state index is 12.7. The summed E-state index contributed by atoms with van der Waals surface area (Å²) < 4.78 is 5.34. The number of benzene rings is 1. The summed E-state index contributed by atoms with van der Waals surface area (Å²) in [5.74, 6) is 1.07. The van der Waals surface area contributed by atoms with Crippen molar-refractivity contribution in [3.8, 4) is 11.1 Å². The minimum Gasteiger partial charge on any atom is -0.379 e. The topological polar surface area (TPSA) is 87.3 Å². The zero-order chi connectivity index (χ0) is 21.6. The Morgan fingerprint density at radius 3 is 2.87 bits per heavy atom.